The quantitative estimate of drug-likeness (QED) is 0.788. The molecule has 1 N–H and O–H groups in total. The highest BCUT2D eigenvalue weighted by Gasteiger charge is 2.43. The minimum Gasteiger partial charge on any atom is -0.322 e. The zero-order valence-corrected chi connectivity index (χ0v) is 10.9. The summed E-state index contributed by atoms with van der Waals surface area (Å²) in [7, 11) is 0. The van der Waals surface area contributed by atoms with Gasteiger partial charge in [-0.25, -0.2) is 0 Å². The van der Waals surface area contributed by atoms with E-state index in [1.54, 1.807) is 0 Å². The average Bonchev–Trinajstić information content (AvgIpc) is 2.99. The van der Waals surface area contributed by atoms with Crippen LogP contribution in [-0.4, -0.2) is 53.1 Å². The number of amides is 1. The van der Waals surface area contributed by atoms with Crippen LogP contribution in [0.4, 0.5) is 0 Å². The highest BCUT2D eigenvalue weighted by molar-refractivity contribution is 5.84. The van der Waals surface area contributed by atoms with Gasteiger partial charge in [-0.2, -0.15) is 0 Å². The Bertz CT molecular complexity index is 316. The van der Waals surface area contributed by atoms with E-state index >= 15 is 0 Å². The first-order valence-electron chi connectivity index (χ1n) is 7.03. The van der Waals surface area contributed by atoms with Crippen molar-refractivity contribution in [3.63, 3.8) is 0 Å². The predicted octanol–water partition coefficient (Wildman–Crippen LogP) is 0.779. The van der Waals surface area contributed by atoms with E-state index in [4.69, 9.17) is 0 Å². The minimum atomic E-state index is 0.0555. The van der Waals surface area contributed by atoms with Crippen LogP contribution >= 0.6 is 0 Å². The van der Waals surface area contributed by atoms with E-state index in [1.807, 2.05) is 0 Å². The van der Waals surface area contributed by atoms with Crippen molar-refractivity contribution in [2.45, 2.75) is 63.8 Å². The maximum atomic E-state index is 12.3. The van der Waals surface area contributed by atoms with Crippen molar-refractivity contribution in [2.75, 3.05) is 13.1 Å². The number of carbonyl (C=O) groups excluding carboxylic acids is 1. The fourth-order valence-electron chi connectivity index (χ4n) is 3.37. The van der Waals surface area contributed by atoms with Gasteiger partial charge >= 0.3 is 0 Å². The van der Waals surface area contributed by atoms with Gasteiger partial charge in [-0.1, -0.05) is 6.92 Å². The van der Waals surface area contributed by atoms with Crippen LogP contribution in [0.25, 0.3) is 0 Å². The van der Waals surface area contributed by atoms with E-state index in [-0.39, 0.29) is 12.2 Å². The number of likely N-dealkylation sites (tertiary alicyclic amines) is 1. The third kappa shape index (κ3) is 1.97. The zero-order valence-electron chi connectivity index (χ0n) is 10.9. The van der Waals surface area contributed by atoms with Gasteiger partial charge in [-0.05, 0) is 32.6 Å². The molecule has 1 aliphatic carbocycles. The van der Waals surface area contributed by atoms with E-state index in [2.05, 4.69) is 29.0 Å². The van der Waals surface area contributed by atoms with Crippen LogP contribution in [0.1, 0.15) is 39.5 Å². The SMILES string of the molecule is CCC1NC(C)N(C2CCN(C3CC3)C2)C1=O. The van der Waals surface area contributed by atoms with Crippen LogP contribution in [0.2, 0.25) is 0 Å². The lowest BCUT2D eigenvalue weighted by atomic mass is 10.2. The molecule has 3 aliphatic rings. The van der Waals surface area contributed by atoms with Crippen molar-refractivity contribution in [3.05, 3.63) is 0 Å². The Morgan fingerprint density at radius 2 is 2.06 bits per heavy atom. The first-order valence-corrected chi connectivity index (χ1v) is 7.03. The van der Waals surface area contributed by atoms with Crippen molar-refractivity contribution in [1.82, 2.24) is 15.1 Å². The maximum Gasteiger partial charge on any atom is 0.241 e. The Hall–Kier alpha value is -0.610. The van der Waals surface area contributed by atoms with E-state index in [9.17, 15) is 4.79 Å². The van der Waals surface area contributed by atoms with E-state index < -0.39 is 0 Å². The summed E-state index contributed by atoms with van der Waals surface area (Å²) in [6.45, 7) is 6.48. The summed E-state index contributed by atoms with van der Waals surface area (Å²) in [6.07, 6.45) is 5.01. The van der Waals surface area contributed by atoms with Crippen LogP contribution < -0.4 is 5.32 Å². The van der Waals surface area contributed by atoms with Gasteiger partial charge in [0.25, 0.3) is 0 Å². The first-order chi connectivity index (χ1) is 8.20. The molecule has 17 heavy (non-hydrogen) atoms. The van der Waals surface area contributed by atoms with Gasteiger partial charge < -0.3 is 4.90 Å². The van der Waals surface area contributed by atoms with E-state index in [1.165, 1.54) is 19.4 Å². The number of hydrogen-bond donors (Lipinski definition) is 1. The Morgan fingerprint density at radius 3 is 2.65 bits per heavy atom. The normalized spacial score (nSPS) is 39.3. The number of rotatable bonds is 3. The fourth-order valence-corrected chi connectivity index (χ4v) is 3.37. The second-order valence-electron chi connectivity index (χ2n) is 5.72. The molecule has 0 radical (unpaired) electrons. The molecule has 0 spiro atoms. The largest absolute Gasteiger partial charge is 0.322 e. The molecule has 0 aromatic carbocycles. The van der Waals surface area contributed by atoms with E-state index in [0.717, 1.165) is 25.4 Å². The molecule has 4 nitrogen and oxygen atoms in total. The Kier molecular flexibility index (Phi) is 2.87. The molecule has 0 bridgehead atoms. The molecule has 3 unspecified atom stereocenters. The standard InChI is InChI=1S/C13H23N3O/c1-3-12-13(17)16(9(2)14-12)11-6-7-15(8-11)10-4-5-10/h9-12,14H,3-8H2,1-2H3. The molecule has 2 saturated heterocycles. The summed E-state index contributed by atoms with van der Waals surface area (Å²) in [5.74, 6) is 0.322. The van der Waals surface area contributed by atoms with Crippen LogP contribution in [0, 0.1) is 0 Å². The fraction of sp³-hybridized carbons (Fsp3) is 0.923. The second-order valence-corrected chi connectivity index (χ2v) is 5.72. The van der Waals surface area contributed by atoms with Gasteiger partial charge in [0.2, 0.25) is 5.91 Å². The Balaban J connectivity index is 1.65. The van der Waals surface area contributed by atoms with Crippen LogP contribution in [-0.2, 0) is 4.79 Å². The van der Waals surface area contributed by atoms with Gasteiger partial charge in [0.1, 0.15) is 0 Å². The number of nitrogens with one attached hydrogen (secondary N) is 1. The molecule has 3 fully saturated rings. The van der Waals surface area contributed by atoms with Crippen molar-refractivity contribution >= 4 is 5.91 Å². The lowest BCUT2D eigenvalue weighted by Gasteiger charge is -2.28. The highest BCUT2D eigenvalue weighted by atomic mass is 16.2. The molecule has 2 aliphatic heterocycles. The highest BCUT2D eigenvalue weighted by Crippen LogP contribution is 2.32. The van der Waals surface area contributed by atoms with Crippen molar-refractivity contribution in [1.29, 1.82) is 0 Å². The third-order valence-electron chi connectivity index (χ3n) is 4.47. The summed E-state index contributed by atoms with van der Waals surface area (Å²) in [6, 6.07) is 1.34. The Morgan fingerprint density at radius 1 is 1.29 bits per heavy atom. The maximum absolute atomic E-state index is 12.3. The van der Waals surface area contributed by atoms with Crippen LogP contribution in [0.5, 0.6) is 0 Å². The third-order valence-corrected chi connectivity index (χ3v) is 4.47. The summed E-state index contributed by atoms with van der Waals surface area (Å²) in [5.41, 5.74) is 0. The molecule has 2 heterocycles. The Labute approximate surface area is 103 Å². The molecule has 0 aromatic rings. The molecule has 1 saturated carbocycles. The van der Waals surface area contributed by atoms with Crippen molar-refractivity contribution < 1.29 is 4.79 Å². The average molecular weight is 237 g/mol. The molecule has 3 rings (SSSR count). The molecule has 1 amide bonds. The van der Waals surface area contributed by atoms with Crippen molar-refractivity contribution in [2.24, 2.45) is 0 Å². The topological polar surface area (TPSA) is 35.6 Å². The van der Waals surface area contributed by atoms with Crippen LogP contribution in [0.3, 0.4) is 0 Å². The predicted molar refractivity (Wildman–Crippen MR) is 66.5 cm³/mol. The summed E-state index contributed by atoms with van der Waals surface area (Å²) >= 11 is 0. The van der Waals surface area contributed by atoms with Gasteiger partial charge in [-0.3, -0.25) is 15.0 Å². The summed E-state index contributed by atoms with van der Waals surface area (Å²) < 4.78 is 0. The van der Waals surface area contributed by atoms with Gasteiger partial charge in [0, 0.05) is 25.2 Å². The van der Waals surface area contributed by atoms with Gasteiger partial charge in [0.15, 0.2) is 0 Å². The lowest BCUT2D eigenvalue weighted by Crippen LogP contribution is -2.44. The number of nitrogens with zero attached hydrogens (tertiary/aromatic N) is 2. The zero-order chi connectivity index (χ0) is 12.0. The monoisotopic (exact) mass is 237 g/mol. The van der Waals surface area contributed by atoms with Crippen LogP contribution in [0.15, 0.2) is 0 Å². The summed E-state index contributed by atoms with van der Waals surface area (Å²) in [4.78, 5) is 17.0. The molecular formula is C13H23N3O. The van der Waals surface area contributed by atoms with Gasteiger partial charge in [-0.15, -0.1) is 0 Å². The smallest absolute Gasteiger partial charge is 0.241 e. The number of carbonyl (C=O) groups is 1. The molecule has 4 heteroatoms. The van der Waals surface area contributed by atoms with E-state index in [0.29, 0.717) is 11.9 Å². The molecular weight excluding hydrogens is 214 g/mol. The second kappa shape index (κ2) is 4.25. The minimum absolute atomic E-state index is 0.0555. The summed E-state index contributed by atoms with van der Waals surface area (Å²) in [5, 5.41) is 3.40. The first kappa shape index (κ1) is 11.5. The van der Waals surface area contributed by atoms with Crippen molar-refractivity contribution in [3.8, 4) is 0 Å². The van der Waals surface area contributed by atoms with Gasteiger partial charge in [0.05, 0.1) is 12.2 Å². The lowest BCUT2D eigenvalue weighted by molar-refractivity contribution is -0.131. The number of hydrogen-bond acceptors (Lipinski definition) is 3. The molecule has 3 atom stereocenters. The molecule has 0 aromatic heterocycles. The molecule has 96 valence electrons.